The van der Waals surface area contributed by atoms with Crippen molar-refractivity contribution in [2.24, 2.45) is 5.92 Å². The van der Waals surface area contributed by atoms with Crippen LogP contribution in [0.2, 0.25) is 0 Å². The molecule has 1 unspecified atom stereocenters. The number of likely N-dealkylation sites (tertiary alicyclic amines) is 1. The molecule has 3 atom stereocenters. The Hall–Kier alpha value is -2.09. The molecule has 7 nitrogen and oxygen atoms in total. The zero-order valence-corrected chi connectivity index (χ0v) is 18.6. The first-order valence-corrected chi connectivity index (χ1v) is 10.8. The van der Waals surface area contributed by atoms with Crippen LogP contribution < -0.4 is 10.6 Å². The second-order valence-electron chi connectivity index (χ2n) is 7.99. The second kappa shape index (κ2) is 9.15. The molecule has 8 heteroatoms. The summed E-state index contributed by atoms with van der Waals surface area (Å²) in [6.45, 7) is 4.23. The van der Waals surface area contributed by atoms with Crippen LogP contribution in [0.1, 0.15) is 50.3 Å². The van der Waals surface area contributed by atoms with Gasteiger partial charge in [0, 0.05) is 11.0 Å². The molecule has 29 heavy (non-hydrogen) atoms. The van der Waals surface area contributed by atoms with E-state index in [9.17, 15) is 14.4 Å². The molecule has 1 saturated heterocycles. The quantitative estimate of drug-likeness (QED) is 0.699. The third kappa shape index (κ3) is 4.74. The second-order valence-corrected chi connectivity index (χ2v) is 8.91. The van der Waals surface area contributed by atoms with Crippen molar-refractivity contribution >= 4 is 33.8 Å². The third-order valence-electron chi connectivity index (χ3n) is 5.73. The predicted molar refractivity (Wildman–Crippen MR) is 112 cm³/mol. The van der Waals surface area contributed by atoms with Gasteiger partial charge >= 0.3 is 6.09 Å². The van der Waals surface area contributed by atoms with E-state index in [2.05, 4.69) is 37.4 Å². The number of hydrogen-bond acceptors (Lipinski definition) is 4. The van der Waals surface area contributed by atoms with Gasteiger partial charge in [0.15, 0.2) is 0 Å². The van der Waals surface area contributed by atoms with Gasteiger partial charge in [-0.1, -0.05) is 35.8 Å². The van der Waals surface area contributed by atoms with Crippen molar-refractivity contribution in [2.75, 3.05) is 13.7 Å². The zero-order valence-electron chi connectivity index (χ0n) is 17.0. The molecule has 158 valence electrons. The van der Waals surface area contributed by atoms with E-state index in [-0.39, 0.29) is 23.8 Å². The lowest BCUT2D eigenvalue weighted by atomic mass is 10.0. The first kappa shape index (κ1) is 21.6. The largest absolute Gasteiger partial charge is 0.453 e. The molecule has 2 aliphatic rings. The zero-order chi connectivity index (χ0) is 21.1. The highest BCUT2D eigenvalue weighted by molar-refractivity contribution is 9.10. The smallest absolute Gasteiger partial charge is 0.407 e. The maximum Gasteiger partial charge on any atom is 0.407 e. The Morgan fingerprint density at radius 1 is 1.24 bits per heavy atom. The van der Waals surface area contributed by atoms with Gasteiger partial charge in [-0.25, -0.2) is 4.79 Å². The third-order valence-corrected chi connectivity index (χ3v) is 6.22. The minimum atomic E-state index is -0.722. The molecule has 1 heterocycles. The molecule has 1 aliphatic heterocycles. The molecule has 2 N–H and O–H groups in total. The number of nitrogens with one attached hydrogen (secondary N) is 2. The number of amides is 3. The van der Waals surface area contributed by atoms with Crippen molar-refractivity contribution < 1.29 is 19.1 Å². The van der Waals surface area contributed by atoms with E-state index in [0.717, 1.165) is 29.3 Å². The molecule has 1 fully saturated rings. The summed E-state index contributed by atoms with van der Waals surface area (Å²) < 4.78 is 5.68. The summed E-state index contributed by atoms with van der Waals surface area (Å²) in [5.41, 5.74) is 2.39. The molecular formula is C21H28BrN3O4. The Morgan fingerprint density at radius 2 is 2.00 bits per heavy atom. The van der Waals surface area contributed by atoms with Gasteiger partial charge in [-0.05, 0) is 54.9 Å². The molecule has 1 aromatic rings. The monoisotopic (exact) mass is 465 g/mol. The summed E-state index contributed by atoms with van der Waals surface area (Å²) in [6, 6.07) is 4.86. The molecule has 1 aliphatic carbocycles. The molecule has 1 aromatic carbocycles. The van der Waals surface area contributed by atoms with Crippen molar-refractivity contribution in [1.29, 1.82) is 0 Å². The van der Waals surface area contributed by atoms with E-state index in [4.69, 9.17) is 0 Å². The van der Waals surface area contributed by atoms with Crippen LogP contribution >= 0.6 is 15.9 Å². The van der Waals surface area contributed by atoms with Crippen LogP contribution in [0.3, 0.4) is 0 Å². The maximum absolute atomic E-state index is 13.1. The Morgan fingerprint density at radius 3 is 2.69 bits per heavy atom. The fourth-order valence-corrected chi connectivity index (χ4v) is 4.59. The number of ether oxygens (including phenoxy) is 1. The Bertz CT molecular complexity index is 798. The van der Waals surface area contributed by atoms with Gasteiger partial charge in [-0.2, -0.15) is 0 Å². The topological polar surface area (TPSA) is 87.7 Å². The van der Waals surface area contributed by atoms with Crippen LogP contribution in [0, 0.1) is 5.92 Å². The number of rotatable bonds is 5. The highest BCUT2D eigenvalue weighted by atomic mass is 79.9. The van der Waals surface area contributed by atoms with Crippen LogP contribution in [0.4, 0.5) is 4.79 Å². The van der Waals surface area contributed by atoms with E-state index >= 15 is 0 Å². The van der Waals surface area contributed by atoms with E-state index in [0.29, 0.717) is 13.0 Å². The van der Waals surface area contributed by atoms with Gasteiger partial charge < -0.3 is 20.3 Å². The summed E-state index contributed by atoms with van der Waals surface area (Å²) >= 11 is 3.49. The number of fused-ring (bicyclic) bond motifs is 1. The minimum Gasteiger partial charge on any atom is -0.453 e. The summed E-state index contributed by atoms with van der Waals surface area (Å²) in [5, 5.41) is 5.75. The van der Waals surface area contributed by atoms with E-state index in [1.807, 2.05) is 26.0 Å². The first-order chi connectivity index (χ1) is 13.8. The fraction of sp³-hybridized carbons (Fsp3) is 0.571. The van der Waals surface area contributed by atoms with Crippen LogP contribution in [0.5, 0.6) is 0 Å². The minimum absolute atomic E-state index is 0.0303. The van der Waals surface area contributed by atoms with Gasteiger partial charge in [0.25, 0.3) is 0 Å². The highest BCUT2D eigenvalue weighted by Crippen LogP contribution is 2.33. The molecule has 0 spiro atoms. The lowest BCUT2D eigenvalue weighted by Gasteiger charge is -2.30. The van der Waals surface area contributed by atoms with E-state index in [1.165, 1.54) is 12.7 Å². The van der Waals surface area contributed by atoms with Crippen LogP contribution in [0.15, 0.2) is 22.7 Å². The average molecular weight is 466 g/mol. The number of hydrogen-bond donors (Lipinski definition) is 2. The number of nitrogens with zero attached hydrogens (tertiary/aromatic N) is 1. The standard InChI is InChI=1S/C21H28BrN3O4/c1-12(2)18(24-21(28)29-3)20(27)25-10-4-5-17(25)19(26)23-16-9-6-13-11-14(22)7-8-15(13)16/h7-8,11-12,16-18H,4-6,9-10H2,1-3H3,(H,23,26)(H,24,28)/t16?,17-,18-/m0/s1. The van der Waals surface area contributed by atoms with Crippen molar-refractivity contribution in [1.82, 2.24) is 15.5 Å². The molecule has 3 rings (SSSR count). The number of carbonyl (C=O) groups is 3. The molecular weight excluding hydrogens is 438 g/mol. The number of halogens is 1. The molecule has 3 amide bonds. The van der Waals surface area contributed by atoms with Gasteiger partial charge in [0.05, 0.1) is 13.2 Å². The molecule has 0 saturated carbocycles. The van der Waals surface area contributed by atoms with Gasteiger partial charge in [-0.15, -0.1) is 0 Å². The number of alkyl carbamates (subject to hydrolysis) is 1. The number of carbonyl (C=O) groups excluding carboxylic acids is 3. The first-order valence-electron chi connectivity index (χ1n) is 10.1. The summed E-state index contributed by atoms with van der Waals surface area (Å²) in [7, 11) is 1.27. The molecule has 0 bridgehead atoms. The fourth-order valence-electron chi connectivity index (χ4n) is 4.19. The average Bonchev–Trinajstić information content (AvgIpc) is 3.32. The van der Waals surface area contributed by atoms with Crippen molar-refractivity contribution in [3.05, 3.63) is 33.8 Å². The van der Waals surface area contributed by atoms with Gasteiger partial charge in [0.1, 0.15) is 12.1 Å². The number of benzene rings is 1. The van der Waals surface area contributed by atoms with Crippen LogP contribution in [0.25, 0.3) is 0 Å². The maximum atomic E-state index is 13.1. The Balaban J connectivity index is 1.69. The summed E-state index contributed by atoms with van der Waals surface area (Å²) in [6.07, 6.45) is 2.52. The highest BCUT2D eigenvalue weighted by Gasteiger charge is 2.39. The van der Waals surface area contributed by atoms with Crippen LogP contribution in [-0.4, -0.2) is 48.5 Å². The summed E-state index contributed by atoms with van der Waals surface area (Å²) in [5.74, 6) is -0.484. The van der Waals surface area contributed by atoms with E-state index in [1.54, 1.807) is 4.90 Å². The SMILES string of the molecule is COC(=O)N[C@H](C(=O)N1CCC[C@H]1C(=O)NC1CCc2cc(Br)ccc21)C(C)C. The normalized spacial score (nSPS) is 21.6. The molecule has 0 radical (unpaired) electrons. The number of aryl methyl sites for hydroxylation is 1. The van der Waals surface area contributed by atoms with Crippen molar-refractivity contribution in [3.8, 4) is 0 Å². The lowest BCUT2D eigenvalue weighted by Crippen LogP contribution is -2.55. The Labute approximate surface area is 179 Å². The lowest BCUT2D eigenvalue weighted by molar-refractivity contribution is -0.141. The van der Waals surface area contributed by atoms with Gasteiger partial charge in [0.2, 0.25) is 11.8 Å². The number of methoxy groups -OCH3 is 1. The van der Waals surface area contributed by atoms with Gasteiger partial charge in [-0.3, -0.25) is 9.59 Å². The predicted octanol–water partition coefficient (Wildman–Crippen LogP) is 2.92. The van der Waals surface area contributed by atoms with Crippen molar-refractivity contribution in [2.45, 2.75) is 57.7 Å². The van der Waals surface area contributed by atoms with Crippen molar-refractivity contribution in [3.63, 3.8) is 0 Å². The van der Waals surface area contributed by atoms with Crippen LogP contribution in [-0.2, 0) is 20.7 Å². The molecule has 0 aromatic heterocycles. The summed E-state index contributed by atoms with van der Waals surface area (Å²) in [4.78, 5) is 39.4. The van der Waals surface area contributed by atoms with E-state index < -0.39 is 18.2 Å². The Kier molecular flexibility index (Phi) is 6.82.